The molecule has 0 saturated carbocycles. The molecule has 2 N–H and O–H groups in total. The number of hydrogen-bond acceptors (Lipinski definition) is 10. The number of phenolic OH excluding ortho intramolecular Hbond substituents is 2. The second kappa shape index (κ2) is 10.7. The topological polar surface area (TPSA) is 111 Å². The van der Waals surface area contributed by atoms with E-state index in [2.05, 4.69) is 23.6 Å². The average Bonchev–Trinajstić information content (AvgIpc) is 3.30. The molecule has 2 saturated heterocycles. The summed E-state index contributed by atoms with van der Waals surface area (Å²) in [6, 6.07) is 3.26. The minimum atomic E-state index is -0.238. The third-order valence-electron chi connectivity index (χ3n) is 8.22. The lowest BCUT2D eigenvalue weighted by molar-refractivity contribution is 0.0734. The van der Waals surface area contributed by atoms with Gasteiger partial charge >= 0.3 is 0 Å². The summed E-state index contributed by atoms with van der Waals surface area (Å²) < 4.78 is 11.4. The third-order valence-corrected chi connectivity index (χ3v) is 9.33. The number of anilines is 2. The van der Waals surface area contributed by atoms with Gasteiger partial charge in [0.15, 0.2) is 0 Å². The van der Waals surface area contributed by atoms with E-state index in [1.807, 2.05) is 13.8 Å². The quantitative estimate of drug-likeness (QED) is 0.485. The summed E-state index contributed by atoms with van der Waals surface area (Å²) in [5.41, 5.74) is 2.07. The molecule has 1 amide bonds. The van der Waals surface area contributed by atoms with Gasteiger partial charge < -0.3 is 34.4 Å². The van der Waals surface area contributed by atoms with Crippen molar-refractivity contribution in [2.45, 2.75) is 58.7 Å². The highest BCUT2D eigenvalue weighted by molar-refractivity contribution is 7.19. The van der Waals surface area contributed by atoms with Gasteiger partial charge in [-0.3, -0.25) is 4.79 Å². The van der Waals surface area contributed by atoms with Crippen molar-refractivity contribution in [3.63, 3.8) is 0 Å². The van der Waals surface area contributed by atoms with Crippen LogP contribution in [0.25, 0.3) is 10.2 Å². The predicted octanol–water partition coefficient (Wildman–Crippen LogP) is 3.87. The van der Waals surface area contributed by atoms with Crippen LogP contribution in [0.1, 0.15) is 60.0 Å². The number of fused-ring (bicyclic) bond motifs is 3. The number of aromatic hydroxyl groups is 2. The van der Waals surface area contributed by atoms with Crippen LogP contribution in [0.2, 0.25) is 0 Å². The van der Waals surface area contributed by atoms with E-state index in [0.717, 1.165) is 39.9 Å². The van der Waals surface area contributed by atoms with Crippen molar-refractivity contribution in [2.24, 2.45) is 0 Å². The fourth-order valence-corrected chi connectivity index (χ4v) is 7.16. The molecule has 11 heteroatoms. The van der Waals surface area contributed by atoms with E-state index in [4.69, 9.17) is 19.4 Å². The maximum Gasteiger partial charge on any atom is 0.257 e. The van der Waals surface area contributed by atoms with E-state index in [1.165, 1.54) is 11.6 Å². The SMILES string of the molecule is CC(C)c1cc(C(=O)N2CCc3c(sc4nc(N5CCOC[C@@H]5C)nc(N5CCOC[C@@H]5C)c34)C2)c(O)cc1O. The van der Waals surface area contributed by atoms with Crippen LogP contribution in [0.5, 0.6) is 11.5 Å². The van der Waals surface area contributed by atoms with Gasteiger partial charge in [0.25, 0.3) is 5.91 Å². The number of benzene rings is 1. The Balaban J connectivity index is 1.39. The summed E-state index contributed by atoms with van der Waals surface area (Å²) in [4.78, 5) is 32.2. The molecule has 1 aromatic carbocycles. The number of aromatic nitrogens is 2. The van der Waals surface area contributed by atoms with Gasteiger partial charge in [0, 0.05) is 30.6 Å². The first kappa shape index (κ1) is 27.0. The highest BCUT2D eigenvalue weighted by atomic mass is 32.1. The van der Waals surface area contributed by atoms with Crippen molar-refractivity contribution in [1.82, 2.24) is 14.9 Å². The molecule has 2 fully saturated rings. The summed E-state index contributed by atoms with van der Waals surface area (Å²) in [5.74, 6) is 1.25. The lowest BCUT2D eigenvalue weighted by Crippen LogP contribution is -2.46. The number of amides is 1. The average molecular weight is 568 g/mol. The highest BCUT2D eigenvalue weighted by Crippen LogP contribution is 2.42. The molecular weight excluding hydrogens is 530 g/mol. The van der Waals surface area contributed by atoms with Crippen molar-refractivity contribution in [3.05, 3.63) is 33.7 Å². The maximum absolute atomic E-state index is 13.6. The molecule has 40 heavy (non-hydrogen) atoms. The molecule has 0 radical (unpaired) electrons. The number of ether oxygens (including phenoxy) is 2. The zero-order chi connectivity index (χ0) is 28.1. The smallest absolute Gasteiger partial charge is 0.257 e. The summed E-state index contributed by atoms with van der Waals surface area (Å²) in [6.07, 6.45) is 0.680. The number of hydrogen-bond donors (Lipinski definition) is 2. The van der Waals surface area contributed by atoms with E-state index in [9.17, 15) is 15.0 Å². The number of nitrogens with zero attached hydrogens (tertiary/aromatic N) is 5. The Bertz CT molecular complexity index is 1440. The van der Waals surface area contributed by atoms with E-state index in [0.29, 0.717) is 51.5 Å². The fraction of sp³-hybridized carbons (Fsp3) is 0.552. The first-order valence-corrected chi connectivity index (χ1v) is 14.9. The van der Waals surface area contributed by atoms with Gasteiger partial charge in [0.1, 0.15) is 22.1 Å². The number of morpholine rings is 2. The van der Waals surface area contributed by atoms with E-state index in [-0.39, 0.29) is 41.0 Å². The summed E-state index contributed by atoms with van der Waals surface area (Å²) >= 11 is 1.63. The molecule has 0 unspecified atom stereocenters. The molecule has 214 valence electrons. The lowest BCUT2D eigenvalue weighted by atomic mass is 9.97. The van der Waals surface area contributed by atoms with Crippen LogP contribution in [-0.4, -0.2) is 89.1 Å². The largest absolute Gasteiger partial charge is 0.508 e. The Morgan fingerprint density at radius 3 is 2.38 bits per heavy atom. The molecule has 0 aliphatic carbocycles. The Morgan fingerprint density at radius 2 is 1.70 bits per heavy atom. The standard InChI is InChI=1S/C29H37N5O5S/c1-16(2)20-11-21(23(36)12-22(20)35)28(37)32-6-5-19-24(13-32)40-27-25(19)26(33-7-9-38-14-17(33)3)30-29(31-27)34-8-10-39-15-18(34)4/h11-12,16-18,35-36H,5-10,13-15H2,1-4H3/t17-,18-/m0/s1. The van der Waals surface area contributed by atoms with Crippen LogP contribution in [0.15, 0.2) is 12.1 Å². The Labute approximate surface area is 238 Å². The summed E-state index contributed by atoms with van der Waals surface area (Å²) in [6.45, 7) is 13.3. The molecule has 0 spiro atoms. The molecule has 10 nitrogen and oxygen atoms in total. The van der Waals surface area contributed by atoms with Crippen LogP contribution in [-0.2, 0) is 22.4 Å². The van der Waals surface area contributed by atoms with E-state index in [1.54, 1.807) is 22.3 Å². The van der Waals surface area contributed by atoms with E-state index >= 15 is 0 Å². The molecule has 3 aromatic rings. The third kappa shape index (κ3) is 4.73. The summed E-state index contributed by atoms with van der Waals surface area (Å²) in [7, 11) is 0. The van der Waals surface area contributed by atoms with Gasteiger partial charge in [0.2, 0.25) is 5.95 Å². The molecule has 2 atom stereocenters. The maximum atomic E-state index is 13.6. The number of rotatable bonds is 4. The zero-order valence-electron chi connectivity index (χ0n) is 23.5. The van der Waals surface area contributed by atoms with Gasteiger partial charge in [-0.25, -0.2) is 4.98 Å². The molecule has 3 aliphatic rings. The second-order valence-electron chi connectivity index (χ2n) is 11.3. The minimum absolute atomic E-state index is 0.00308. The number of thiophene rings is 1. The number of carbonyl (C=O) groups excluding carboxylic acids is 1. The lowest BCUT2D eigenvalue weighted by Gasteiger charge is -2.37. The van der Waals surface area contributed by atoms with Gasteiger partial charge in [-0.2, -0.15) is 4.98 Å². The van der Waals surface area contributed by atoms with Crippen LogP contribution in [0.3, 0.4) is 0 Å². The predicted molar refractivity (Wildman–Crippen MR) is 155 cm³/mol. The van der Waals surface area contributed by atoms with E-state index < -0.39 is 0 Å². The van der Waals surface area contributed by atoms with Crippen LogP contribution in [0.4, 0.5) is 11.8 Å². The Kier molecular flexibility index (Phi) is 7.22. The molecule has 3 aliphatic heterocycles. The number of phenols is 2. The first-order chi connectivity index (χ1) is 19.2. The van der Waals surface area contributed by atoms with Crippen molar-refractivity contribution in [1.29, 1.82) is 0 Å². The molecule has 2 aromatic heterocycles. The van der Waals surface area contributed by atoms with Gasteiger partial charge in [-0.05, 0) is 43.4 Å². The van der Waals surface area contributed by atoms with Crippen LogP contribution in [0, 0.1) is 0 Å². The molecule has 0 bridgehead atoms. The van der Waals surface area contributed by atoms with Crippen LogP contribution >= 0.6 is 11.3 Å². The van der Waals surface area contributed by atoms with Gasteiger partial charge in [0.05, 0.1) is 56.0 Å². The van der Waals surface area contributed by atoms with Crippen molar-refractivity contribution in [3.8, 4) is 11.5 Å². The Hall–Kier alpha value is -3.15. The monoisotopic (exact) mass is 567 g/mol. The minimum Gasteiger partial charge on any atom is -0.508 e. The van der Waals surface area contributed by atoms with Crippen molar-refractivity contribution in [2.75, 3.05) is 55.9 Å². The number of carbonyl (C=O) groups is 1. The summed E-state index contributed by atoms with van der Waals surface area (Å²) in [5, 5.41) is 21.9. The van der Waals surface area contributed by atoms with Gasteiger partial charge in [-0.15, -0.1) is 11.3 Å². The Morgan fingerprint density at radius 1 is 1.00 bits per heavy atom. The van der Waals surface area contributed by atoms with Crippen molar-refractivity contribution < 1.29 is 24.5 Å². The normalized spacial score (nSPS) is 21.8. The molecule has 6 rings (SSSR count). The zero-order valence-corrected chi connectivity index (χ0v) is 24.3. The van der Waals surface area contributed by atoms with Crippen LogP contribution < -0.4 is 9.80 Å². The molecule has 5 heterocycles. The first-order valence-electron chi connectivity index (χ1n) is 14.1. The second-order valence-corrected chi connectivity index (χ2v) is 12.4. The fourth-order valence-electron chi connectivity index (χ4n) is 5.94. The van der Waals surface area contributed by atoms with Crippen molar-refractivity contribution >= 4 is 39.2 Å². The van der Waals surface area contributed by atoms with Gasteiger partial charge in [-0.1, -0.05) is 13.8 Å². The highest BCUT2D eigenvalue weighted by Gasteiger charge is 2.33. The molecular formula is C29H37N5O5S.